The Balaban J connectivity index is 2.63. The van der Waals surface area contributed by atoms with Crippen molar-refractivity contribution in [3.63, 3.8) is 0 Å². The van der Waals surface area contributed by atoms with E-state index in [1.807, 2.05) is 12.1 Å². The zero-order chi connectivity index (χ0) is 12.5. The van der Waals surface area contributed by atoms with Crippen LogP contribution in [0.2, 0.25) is 0 Å². The zero-order valence-electron chi connectivity index (χ0n) is 10.7. The smallest absolute Gasteiger partial charge is 0.121 e. The van der Waals surface area contributed by atoms with Crippen molar-refractivity contribution in [1.29, 1.82) is 0 Å². The molecular formula is C14H22O3. The summed E-state index contributed by atoms with van der Waals surface area (Å²) in [6, 6.07) is 5.50. The highest BCUT2D eigenvalue weighted by Crippen LogP contribution is 2.22. The monoisotopic (exact) mass is 238 g/mol. The largest absolute Gasteiger partial charge is 0.508 e. The van der Waals surface area contributed by atoms with Crippen molar-refractivity contribution in [3.05, 3.63) is 29.3 Å². The molecule has 0 amide bonds. The summed E-state index contributed by atoms with van der Waals surface area (Å²) in [6.07, 6.45) is 1.98. The fourth-order valence-corrected chi connectivity index (χ4v) is 1.57. The number of hydrogen-bond donors (Lipinski definition) is 1. The van der Waals surface area contributed by atoms with Gasteiger partial charge in [-0.3, -0.25) is 0 Å². The molecule has 0 bridgehead atoms. The van der Waals surface area contributed by atoms with E-state index >= 15 is 0 Å². The summed E-state index contributed by atoms with van der Waals surface area (Å²) in [5.41, 5.74) is 1.85. The van der Waals surface area contributed by atoms with E-state index in [0.717, 1.165) is 30.6 Å². The van der Waals surface area contributed by atoms with E-state index in [1.165, 1.54) is 0 Å². The number of aromatic hydroxyl groups is 1. The van der Waals surface area contributed by atoms with Gasteiger partial charge in [0.1, 0.15) is 5.75 Å². The summed E-state index contributed by atoms with van der Waals surface area (Å²) in [6.45, 7) is 6.58. The number of hydrogen-bond acceptors (Lipinski definition) is 3. The second-order valence-electron chi connectivity index (χ2n) is 4.02. The summed E-state index contributed by atoms with van der Waals surface area (Å²) < 4.78 is 11.0. The highest BCUT2D eigenvalue weighted by Gasteiger charge is 2.07. The van der Waals surface area contributed by atoms with Crippen molar-refractivity contribution in [3.8, 4) is 5.75 Å². The van der Waals surface area contributed by atoms with E-state index in [2.05, 4.69) is 13.8 Å². The Bertz CT molecular complexity index is 323. The lowest BCUT2D eigenvalue weighted by molar-refractivity contribution is 0.106. The quantitative estimate of drug-likeness (QED) is 0.707. The summed E-state index contributed by atoms with van der Waals surface area (Å²) in [7, 11) is 0. The molecule has 0 aromatic heterocycles. The number of ether oxygens (including phenoxy) is 2. The van der Waals surface area contributed by atoms with Crippen LogP contribution in [-0.2, 0) is 22.7 Å². The molecule has 0 aliphatic rings. The predicted octanol–water partition coefficient (Wildman–Crippen LogP) is 3.25. The number of rotatable bonds is 8. The molecule has 0 saturated heterocycles. The van der Waals surface area contributed by atoms with Gasteiger partial charge in [0.15, 0.2) is 0 Å². The topological polar surface area (TPSA) is 38.7 Å². The third kappa shape index (κ3) is 4.75. The van der Waals surface area contributed by atoms with Crippen molar-refractivity contribution in [2.45, 2.75) is 39.9 Å². The van der Waals surface area contributed by atoms with Crippen molar-refractivity contribution in [2.75, 3.05) is 13.2 Å². The maximum absolute atomic E-state index is 9.81. The van der Waals surface area contributed by atoms with Crippen molar-refractivity contribution in [1.82, 2.24) is 0 Å². The fourth-order valence-electron chi connectivity index (χ4n) is 1.57. The summed E-state index contributed by atoms with van der Waals surface area (Å²) in [4.78, 5) is 0. The maximum Gasteiger partial charge on any atom is 0.121 e. The molecule has 3 heteroatoms. The highest BCUT2D eigenvalue weighted by molar-refractivity contribution is 5.38. The fraction of sp³-hybridized carbons (Fsp3) is 0.571. The second-order valence-corrected chi connectivity index (χ2v) is 4.02. The first-order valence-electron chi connectivity index (χ1n) is 6.24. The van der Waals surface area contributed by atoms with Crippen LogP contribution in [-0.4, -0.2) is 18.3 Å². The van der Waals surface area contributed by atoms with Gasteiger partial charge in [-0.05, 0) is 24.5 Å². The Labute approximate surface area is 103 Å². The molecule has 96 valence electrons. The molecule has 0 saturated carbocycles. The van der Waals surface area contributed by atoms with Gasteiger partial charge in [0.25, 0.3) is 0 Å². The van der Waals surface area contributed by atoms with Gasteiger partial charge in [0.05, 0.1) is 13.2 Å². The van der Waals surface area contributed by atoms with E-state index in [4.69, 9.17) is 9.47 Å². The van der Waals surface area contributed by atoms with Gasteiger partial charge in [-0.1, -0.05) is 26.0 Å². The average molecular weight is 238 g/mol. The molecule has 1 aromatic rings. The van der Waals surface area contributed by atoms with Crippen LogP contribution < -0.4 is 0 Å². The molecule has 1 N–H and O–H groups in total. The third-order valence-corrected chi connectivity index (χ3v) is 2.45. The summed E-state index contributed by atoms with van der Waals surface area (Å²) in [5, 5.41) is 9.81. The van der Waals surface area contributed by atoms with Crippen molar-refractivity contribution in [2.24, 2.45) is 0 Å². The van der Waals surface area contributed by atoms with Gasteiger partial charge in [-0.2, -0.15) is 0 Å². The van der Waals surface area contributed by atoms with E-state index in [0.29, 0.717) is 25.6 Å². The van der Waals surface area contributed by atoms with Crippen LogP contribution in [0.15, 0.2) is 18.2 Å². The van der Waals surface area contributed by atoms with Gasteiger partial charge in [0.2, 0.25) is 0 Å². The molecule has 0 atom stereocenters. The normalized spacial score (nSPS) is 10.7. The van der Waals surface area contributed by atoms with E-state index in [1.54, 1.807) is 6.07 Å². The Morgan fingerprint density at radius 2 is 1.65 bits per heavy atom. The molecule has 0 spiro atoms. The number of phenols is 1. The van der Waals surface area contributed by atoms with Gasteiger partial charge in [0, 0.05) is 18.8 Å². The van der Waals surface area contributed by atoms with Gasteiger partial charge in [-0.15, -0.1) is 0 Å². The molecule has 0 fully saturated rings. The van der Waals surface area contributed by atoms with E-state index < -0.39 is 0 Å². The van der Waals surface area contributed by atoms with Crippen LogP contribution in [0.4, 0.5) is 0 Å². The minimum atomic E-state index is 0.290. The van der Waals surface area contributed by atoms with Gasteiger partial charge in [-0.25, -0.2) is 0 Å². The van der Waals surface area contributed by atoms with Crippen molar-refractivity contribution >= 4 is 0 Å². The summed E-state index contributed by atoms with van der Waals surface area (Å²) in [5.74, 6) is 0.290. The first kappa shape index (κ1) is 14.0. The van der Waals surface area contributed by atoms with Crippen LogP contribution in [0.5, 0.6) is 5.75 Å². The first-order valence-corrected chi connectivity index (χ1v) is 6.24. The van der Waals surface area contributed by atoms with Crippen molar-refractivity contribution < 1.29 is 14.6 Å². The Hall–Kier alpha value is -1.06. The Morgan fingerprint density at radius 3 is 2.29 bits per heavy atom. The predicted molar refractivity (Wildman–Crippen MR) is 68.0 cm³/mol. The lowest BCUT2D eigenvalue weighted by Crippen LogP contribution is -2.02. The van der Waals surface area contributed by atoms with Crippen LogP contribution in [0.25, 0.3) is 0 Å². The molecular weight excluding hydrogens is 216 g/mol. The van der Waals surface area contributed by atoms with Crippen LogP contribution >= 0.6 is 0 Å². The maximum atomic E-state index is 9.81. The molecule has 0 unspecified atom stereocenters. The first-order chi connectivity index (χ1) is 8.29. The zero-order valence-corrected chi connectivity index (χ0v) is 10.7. The lowest BCUT2D eigenvalue weighted by Gasteiger charge is -2.12. The molecule has 0 radical (unpaired) electrons. The Morgan fingerprint density at radius 1 is 1.00 bits per heavy atom. The molecule has 3 nitrogen and oxygen atoms in total. The number of phenolic OH excluding ortho intramolecular Hbond substituents is 1. The molecule has 1 aromatic carbocycles. The van der Waals surface area contributed by atoms with Crippen LogP contribution in [0, 0.1) is 0 Å². The number of benzene rings is 1. The molecule has 0 aliphatic carbocycles. The molecule has 0 heterocycles. The average Bonchev–Trinajstić information content (AvgIpc) is 2.33. The van der Waals surface area contributed by atoms with Gasteiger partial charge < -0.3 is 14.6 Å². The van der Waals surface area contributed by atoms with Crippen LogP contribution in [0.3, 0.4) is 0 Å². The highest BCUT2D eigenvalue weighted by atomic mass is 16.5. The minimum absolute atomic E-state index is 0.290. The molecule has 17 heavy (non-hydrogen) atoms. The lowest BCUT2D eigenvalue weighted by atomic mass is 10.1. The Kier molecular flexibility index (Phi) is 6.67. The SMILES string of the molecule is CCCOCc1cccc(O)c1COCCC. The molecule has 1 rings (SSSR count). The van der Waals surface area contributed by atoms with E-state index in [9.17, 15) is 5.11 Å². The van der Waals surface area contributed by atoms with E-state index in [-0.39, 0.29) is 0 Å². The summed E-state index contributed by atoms with van der Waals surface area (Å²) >= 11 is 0. The molecule has 0 aliphatic heterocycles. The second kappa shape index (κ2) is 8.09. The van der Waals surface area contributed by atoms with Crippen LogP contribution in [0.1, 0.15) is 37.8 Å². The third-order valence-electron chi connectivity index (χ3n) is 2.45. The minimum Gasteiger partial charge on any atom is -0.508 e. The standard InChI is InChI=1S/C14H22O3/c1-3-8-16-10-12-6-5-7-14(15)13(12)11-17-9-4-2/h5-7,15H,3-4,8-11H2,1-2H3. The van der Waals surface area contributed by atoms with Gasteiger partial charge >= 0.3 is 0 Å².